The molecular weight excluding hydrogens is 235 g/mol. The van der Waals surface area contributed by atoms with Crippen LogP contribution in [0.3, 0.4) is 0 Å². The summed E-state index contributed by atoms with van der Waals surface area (Å²) in [5.74, 6) is 0. The number of methoxy groups -OCH3 is 1. The molecule has 1 aromatic heterocycles. The summed E-state index contributed by atoms with van der Waals surface area (Å²) in [5, 5.41) is 6.59. The number of alkyl halides is 3. The van der Waals surface area contributed by atoms with Crippen LogP contribution < -0.4 is 5.32 Å². The highest BCUT2D eigenvalue weighted by atomic mass is 19.4. The molecule has 0 spiro atoms. The molecule has 0 bridgehead atoms. The molecule has 0 aliphatic carbocycles. The topological polar surface area (TPSA) is 39.1 Å². The van der Waals surface area contributed by atoms with Gasteiger partial charge in [0.2, 0.25) is 0 Å². The molecule has 1 atom stereocenters. The maximum absolute atomic E-state index is 12.3. The van der Waals surface area contributed by atoms with E-state index < -0.39 is 11.9 Å². The van der Waals surface area contributed by atoms with Gasteiger partial charge in [0.05, 0.1) is 19.2 Å². The van der Waals surface area contributed by atoms with Gasteiger partial charge in [-0.2, -0.15) is 18.3 Å². The molecule has 0 amide bonds. The van der Waals surface area contributed by atoms with Crippen molar-refractivity contribution in [2.24, 2.45) is 0 Å². The third-order valence-electron chi connectivity index (χ3n) is 2.20. The Morgan fingerprint density at radius 1 is 1.53 bits per heavy atom. The molecule has 0 aliphatic rings. The molecular formula is C10H16F3N3O. The van der Waals surface area contributed by atoms with E-state index in [9.17, 15) is 13.2 Å². The van der Waals surface area contributed by atoms with Gasteiger partial charge in [-0.15, -0.1) is 0 Å². The third kappa shape index (κ3) is 4.35. The minimum atomic E-state index is -4.39. The molecule has 0 saturated carbocycles. The quantitative estimate of drug-likeness (QED) is 0.833. The molecule has 1 rings (SSSR count). The lowest BCUT2D eigenvalue weighted by Crippen LogP contribution is -2.37. The van der Waals surface area contributed by atoms with Gasteiger partial charge in [-0.1, -0.05) is 6.92 Å². The van der Waals surface area contributed by atoms with E-state index in [1.807, 2.05) is 6.92 Å². The van der Waals surface area contributed by atoms with Gasteiger partial charge < -0.3 is 10.1 Å². The van der Waals surface area contributed by atoms with Gasteiger partial charge >= 0.3 is 6.18 Å². The SMILES string of the molecule is CCNC(COC)Cn1ccc(C(F)(F)F)n1. The van der Waals surface area contributed by atoms with Crippen LogP contribution in [0, 0.1) is 0 Å². The lowest BCUT2D eigenvalue weighted by Gasteiger charge is -2.16. The number of rotatable bonds is 6. The fraction of sp³-hybridized carbons (Fsp3) is 0.700. The molecule has 4 nitrogen and oxygen atoms in total. The highest BCUT2D eigenvalue weighted by Gasteiger charge is 2.33. The molecule has 1 N–H and O–H groups in total. The zero-order chi connectivity index (χ0) is 12.9. The lowest BCUT2D eigenvalue weighted by molar-refractivity contribution is -0.141. The van der Waals surface area contributed by atoms with Crippen molar-refractivity contribution in [2.45, 2.75) is 25.7 Å². The number of likely N-dealkylation sites (N-methyl/N-ethyl adjacent to an activating group) is 1. The van der Waals surface area contributed by atoms with Crippen molar-refractivity contribution in [3.05, 3.63) is 18.0 Å². The molecule has 0 saturated heterocycles. The average molecular weight is 251 g/mol. The number of nitrogens with one attached hydrogen (secondary N) is 1. The zero-order valence-corrected chi connectivity index (χ0v) is 9.79. The highest BCUT2D eigenvalue weighted by molar-refractivity contribution is 5.03. The molecule has 0 aromatic carbocycles. The van der Waals surface area contributed by atoms with Crippen molar-refractivity contribution in [3.8, 4) is 0 Å². The van der Waals surface area contributed by atoms with E-state index in [1.165, 1.54) is 10.9 Å². The van der Waals surface area contributed by atoms with Crippen molar-refractivity contribution >= 4 is 0 Å². The van der Waals surface area contributed by atoms with Crippen molar-refractivity contribution in [1.82, 2.24) is 15.1 Å². The van der Waals surface area contributed by atoms with Crippen LogP contribution in [-0.2, 0) is 17.5 Å². The Bertz CT molecular complexity index is 332. The Labute approximate surface area is 97.8 Å². The van der Waals surface area contributed by atoms with E-state index >= 15 is 0 Å². The maximum Gasteiger partial charge on any atom is 0.435 e. The van der Waals surface area contributed by atoms with Crippen LogP contribution in [0.25, 0.3) is 0 Å². The van der Waals surface area contributed by atoms with E-state index in [0.29, 0.717) is 13.2 Å². The smallest absolute Gasteiger partial charge is 0.383 e. The van der Waals surface area contributed by atoms with Crippen molar-refractivity contribution in [1.29, 1.82) is 0 Å². The van der Waals surface area contributed by atoms with Gasteiger partial charge in [0, 0.05) is 13.3 Å². The summed E-state index contributed by atoms with van der Waals surface area (Å²) in [6, 6.07) is 0.918. The summed E-state index contributed by atoms with van der Waals surface area (Å²) in [6.07, 6.45) is -3.07. The monoisotopic (exact) mass is 251 g/mol. The molecule has 0 aliphatic heterocycles. The summed E-state index contributed by atoms with van der Waals surface area (Å²) in [6.45, 7) is 3.42. The molecule has 1 heterocycles. The first kappa shape index (κ1) is 14.0. The number of halogens is 3. The first-order valence-corrected chi connectivity index (χ1v) is 5.30. The molecule has 1 unspecified atom stereocenters. The summed E-state index contributed by atoms with van der Waals surface area (Å²) >= 11 is 0. The summed E-state index contributed by atoms with van der Waals surface area (Å²) in [7, 11) is 1.55. The molecule has 0 fully saturated rings. The number of hydrogen-bond donors (Lipinski definition) is 1. The molecule has 0 radical (unpaired) electrons. The second kappa shape index (κ2) is 6.02. The molecule has 98 valence electrons. The van der Waals surface area contributed by atoms with Gasteiger partial charge in [0.15, 0.2) is 5.69 Å². The van der Waals surface area contributed by atoms with Crippen LogP contribution in [-0.4, -0.2) is 36.1 Å². The Hall–Kier alpha value is -1.08. The second-order valence-corrected chi connectivity index (χ2v) is 3.63. The fourth-order valence-corrected chi connectivity index (χ4v) is 1.51. The zero-order valence-electron chi connectivity index (χ0n) is 9.79. The number of aromatic nitrogens is 2. The largest absolute Gasteiger partial charge is 0.435 e. The standard InChI is InChI=1S/C10H16F3N3O/c1-3-14-8(7-17-2)6-16-5-4-9(15-16)10(11,12)13/h4-5,8,14H,3,6-7H2,1-2H3. The predicted molar refractivity (Wildman–Crippen MR) is 56.6 cm³/mol. The van der Waals surface area contributed by atoms with E-state index in [-0.39, 0.29) is 6.04 Å². The summed E-state index contributed by atoms with van der Waals surface area (Å²) in [4.78, 5) is 0. The Morgan fingerprint density at radius 3 is 2.71 bits per heavy atom. The van der Waals surface area contributed by atoms with E-state index in [0.717, 1.165) is 12.6 Å². The van der Waals surface area contributed by atoms with Gasteiger partial charge in [0.1, 0.15) is 0 Å². The lowest BCUT2D eigenvalue weighted by atomic mass is 10.3. The van der Waals surface area contributed by atoms with Crippen LogP contribution in [0.5, 0.6) is 0 Å². The second-order valence-electron chi connectivity index (χ2n) is 3.63. The average Bonchev–Trinajstić information content (AvgIpc) is 2.66. The highest BCUT2D eigenvalue weighted by Crippen LogP contribution is 2.27. The fourth-order valence-electron chi connectivity index (χ4n) is 1.51. The number of nitrogens with zero attached hydrogens (tertiary/aromatic N) is 2. The van der Waals surface area contributed by atoms with Crippen LogP contribution >= 0.6 is 0 Å². The third-order valence-corrected chi connectivity index (χ3v) is 2.20. The first-order chi connectivity index (χ1) is 7.97. The van der Waals surface area contributed by atoms with Gasteiger partial charge in [-0.05, 0) is 12.6 Å². The molecule has 1 aromatic rings. The van der Waals surface area contributed by atoms with Gasteiger partial charge in [0.25, 0.3) is 0 Å². The molecule has 7 heteroatoms. The summed E-state index contributed by atoms with van der Waals surface area (Å²) < 4.78 is 43.2. The minimum absolute atomic E-state index is 0.0500. The maximum atomic E-state index is 12.3. The van der Waals surface area contributed by atoms with Gasteiger partial charge in [-0.25, -0.2) is 0 Å². The van der Waals surface area contributed by atoms with E-state index in [2.05, 4.69) is 10.4 Å². The van der Waals surface area contributed by atoms with Crippen molar-refractivity contribution in [2.75, 3.05) is 20.3 Å². The van der Waals surface area contributed by atoms with Crippen molar-refractivity contribution < 1.29 is 17.9 Å². The van der Waals surface area contributed by atoms with E-state index in [1.54, 1.807) is 7.11 Å². The van der Waals surface area contributed by atoms with Crippen LogP contribution in [0.15, 0.2) is 12.3 Å². The normalized spacial score (nSPS) is 13.9. The number of ether oxygens (including phenoxy) is 1. The number of hydrogen-bond acceptors (Lipinski definition) is 3. The van der Waals surface area contributed by atoms with Crippen LogP contribution in [0.1, 0.15) is 12.6 Å². The van der Waals surface area contributed by atoms with Crippen LogP contribution in [0.4, 0.5) is 13.2 Å². The van der Waals surface area contributed by atoms with Gasteiger partial charge in [-0.3, -0.25) is 4.68 Å². The van der Waals surface area contributed by atoms with Crippen molar-refractivity contribution in [3.63, 3.8) is 0 Å². The Kier molecular flexibility index (Phi) is 4.95. The minimum Gasteiger partial charge on any atom is -0.383 e. The summed E-state index contributed by atoms with van der Waals surface area (Å²) in [5.41, 5.74) is -0.870. The Balaban J connectivity index is 2.63. The van der Waals surface area contributed by atoms with E-state index in [4.69, 9.17) is 4.74 Å². The molecule has 17 heavy (non-hydrogen) atoms. The van der Waals surface area contributed by atoms with Crippen LogP contribution in [0.2, 0.25) is 0 Å². The Morgan fingerprint density at radius 2 is 2.24 bits per heavy atom. The first-order valence-electron chi connectivity index (χ1n) is 5.30. The predicted octanol–water partition coefficient (Wildman–Crippen LogP) is 1.53.